The molecule has 0 radical (unpaired) electrons. The zero-order valence-electron chi connectivity index (χ0n) is 12.2. The fourth-order valence-electron chi connectivity index (χ4n) is 2.32. The number of Topliss-reactive ketones (excluding diaryl/α,β-unsaturated/α-hetero) is 1. The minimum absolute atomic E-state index is 0.0834. The van der Waals surface area contributed by atoms with Crippen LogP contribution in [0.5, 0.6) is 5.75 Å². The standard InChI is InChI=1S/C17H26O2/c1-3-4-5-6-7-8-9-10-15-11-12-16(14(2)18)17(19)13-15/h11-13,19H,3-10H2,1-2H3. The fraction of sp³-hybridized carbons (Fsp3) is 0.588. The number of unbranched alkanes of at least 4 members (excludes halogenated alkanes) is 6. The number of phenolic OH excluding ortho intramolecular Hbond substituents is 1. The normalized spacial score (nSPS) is 10.6. The average Bonchev–Trinajstić information content (AvgIpc) is 2.37. The molecular formula is C17H26O2. The average molecular weight is 262 g/mol. The van der Waals surface area contributed by atoms with Crippen molar-refractivity contribution in [2.75, 3.05) is 0 Å². The summed E-state index contributed by atoms with van der Waals surface area (Å²) < 4.78 is 0. The molecule has 1 rings (SSSR count). The van der Waals surface area contributed by atoms with Crippen molar-refractivity contribution in [3.05, 3.63) is 29.3 Å². The molecule has 0 unspecified atom stereocenters. The molecule has 2 heteroatoms. The molecule has 2 nitrogen and oxygen atoms in total. The Morgan fingerprint density at radius 2 is 1.68 bits per heavy atom. The number of hydrogen-bond donors (Lipinski definition) is 1. The van der Waals surface area contributed by atoms with Gasteiger partial charge in [0.2, 0.25) is 0 Å². The molecule has 0 amide bonds. The van der Waals surface area contributed by atoms with Crippen LogP contribution in [-0.4, -0.2) is 10.9 Å². The van der Waals surface area contributed by atoms with Gasteiger partial charge in [-0.2, -0.15) is 0 Å². The third-order valence-corrected chi connectivity index (χ3v) is 3.51. The molecular weight excluding hydrogens is 236 g/mol. The second-order valence-electron chi connectivity index (χ2n) is 5.28. The molecule has 0 atom stereocenters. The molecule has 0 aliphatic rings. The number of aryl methyl sites for hydroxylation is 1. The van der Waals surface area contributed by atoms with Crippen molar-refractivity contribution in [2.45, 2.75) is 65.2 Å². The molecule has 0 bridgehead atoms. The Labute approximate surface area is 116 Å². The molecule has 1 N–H and O–H groups in total. The number of carbonyl (C=O) groups is 1. The minimum Gasteiger partial charge on any atom is -0.507 e. The summed E-state index contributed by atoms with van der Waals surface area (Å²) in [4.78, 5) is 11.2. The first-order valence-electron chi connectivity index (χ1n) is 7.48. The monoisotopic (exact) mass is 262 g/mol. The lowest BCUT2D eigenvalue weighted by Crippen LogP contribution is -1.94. The molecule has 0 saturated carbocycles. The van der Waals surface area contributed by atoms with Crippen LogP contribution in [0.4, 0.5) is 0 Å². The topological polar surface area (TPSA) is 37.3 Å². The van der Waals surface area contributed by atoms with Gasteiger partial charge in [-0.3, -0.25) is 4.79 Å². The highest BCUT2D eigenvalue weighted by molar-refractivity contribution is 5.96. The van der Waals surface area contributed by atoms with Crippen LogP contribution in [0, 0.1) is 0 Å². The van der Waals surface area contributed by atoms with Gasteiger partial charge in [-0.15, -0.1) is 0 Å². The van der Waals surface area contributed by atoms with Gasteiger partial charge in [0.1, 0.15) is 5.75 Å². The number of benzene rings is 1. The largest absolute Gasteiger partial charge is 0.507 e. The molecule has 0 spiro atoms. The Morgan fingerprint density at radius 3 is 2.26 bits per heavy atom. The minimum atomic E-state index is -0.0834. The van der Waals surface area contributed by atoms with Crippen LogP contribution >= 0.6 is 0 Å². The molecule has 0 fully saturated rings. The predicted octanol–water partition coefficient (Wildman–Crippen LogP) is 4.89. The van der Waals surface area contributed by atoms with Crippen molar-refractivity contribution < 1.29 is 9.90 Å². The van der Waals surface area contributed by atoms with Crippen molar-refractivity contribution in [3.8, 4) is 5.75 Å². The highest BCUT2D eigenvalue weighted by Crippen LogP contribution is 2.20. The number of aromatic hydroxyl groups is 1. The smallest absolute Gasteiger partial charge is 0.163 e. The molecule has 0 saturated heterocycles. The Bertz CT molecular complexity index is 396. The van der Waals surface area contributed by atoms with Crippen molar-refractivity contribution in [1.82, 2.24) is 0 Å². The van der Waals surface area contributed by atoms with Crippen molar-refractivity contribution in [2.24, 2.45) is 0 Å². The van der Waals surface area contributed by atoms with E-state index in [2.05, 4.69) is 6.92 Å². The molecule has 1 aromatic carbocycles. The molecule has 0 heterocycles. The van der Waals surface area contributed by atoms with Crippen LogP contribution in [0.25, 0.3) is 0 Å². The summed E-state index contributed by atoms with van der Waals surface area (Å²) in [6, 6.07) is 5.41. The van der Waals surface area contributed by atoms with Gasteiger partial charge >= 0.3 is 0 Å². The summed E-state index contributed by atoms with van der Waals surface area (Å²) >= 11 is 0. The summed E-state index contributed by atoms with van der Waals surface area (Å²) in [6.45, 7) is 3.71. The van der Waals surface area contributed by atoms with E-state index in [1.807, 2.05) is 6.07 Å². The van der Waals surface area contributed by atoms with Crippen molar-refractivity contribution in [3.63, 3.8) is 0 Å². The van der Waals surface area contributed by atoms with Crippen molar-refractivity contribution >= 4 is 5.78 Å². The highest BCUT2D eigenvalue weighted by atomic mass is 16.3. The van der Waals surface area contributed by atoms with Gasteiger partial charge in [0, 0.05) is 0 Å². The SMILES string of the molecule is CCCCCCCCCc1ccc(C(C)=O)c(O)c1. The summed E-state index contributed by atoms with van der Waals surface area (Å²) in [6.07, 6.45) is 10.0. The van der Waals surface area contributed by atoms with E-state index in [1.54, 1.807) is 12.1 Å². The molecule has 1 aromatic rings. The summed E-state index contributed by atoms with van der Waals surface area (Å²) in [7, 11) is 0. The van der Waals surface area contributed by atoms with E-state index in [9.17, 15) is 9.90 Å². The Hall–Kier alpha value is -1.31. The second-order valence-corrected chi connectivity index (χ2v) is 5.28. The summed E-state index contributed by atoms with van der Waals surface area (Å²) in [5, 5.41) is 9.74. The van der Waals surface area contributed by atoms with Crippen LogP contribution in [-0.2, 0) is 6.42 Å². The van der Waals surface area contributed by atoms with Crippen molar-refractivity contribution in [1.29, 1.82) is 0 Å². The van der Waals surface area contributed by atoms with E-state index in [-0.39, 0.29) is 11.5 Å². The Kier molecular flexibility index (Phi) is 7.24. The maximum Gasteiger partial charge on any atom is 0.163 e. The lowest BCUT2D eigenvalue weighted by Gasteiger charge is -2.05. The lowest BCUT2D eigenvalue weighted by molar-refractivity contribution is 0.101. The number of hydrogen-bond acceptors (Lipinski definition) is 2. The van der Waals surface area contributed by atoms with Gasteiger partial charge in [0.05, 0.1) is 5.56 Å². The lowest BCUT2D eigenvalue weighted by atomic mass is 10.0. The fourth-order valence-corrected chi connectivity index (χ4v) is 2.32. The second kappa shape index (κ2) is 8.73. The van der Waals surface area contributed by atoms with Crippen LogP contribution in [0.1, 0.15) is 74.7 Å². The number of carbonyl (C=O) groups excluding carboxylic acids is 1. The molecule has 0 aliphatic heterocycles. The number of rotatable bonds is 9. The van der Waals surface area contributed by atoms with Crippen LogP contribution < -0.4 is 0 Å². The van der Waals surface area contributed by atoms with Gasteiger partial charge in [0.25, 0.3) is 0 Å². The first-order valence-corrected chi connectivity index (χ1v) is 7.48. The third kappa shape index (κ3) is 5.91. The number of phenols is 1. The first kappa shape index (κ1) is 15.7. The Balaban J connectivity index is 2.26. The molecule has 106 valence electrons. The number of ketones is 1. The molecule has 0 aliphatic carbocycles. The van der Waals surface area contributed by atoms with E-state index in [1.165, 1.54) is 45.4 Å². The quantitative estimate of drug-likeness (QED) is 0.508. The van der Waals surface area contributed by atoms with Gasteiger partial charge in [-0.1, -0.05) is 51.5 Å². The van der Waals surface area contributed by atoms with E-state index in [0.717, 1.165) is 18.4 Å². The van der Waals surface area contributed by atoms with Gasteiger partial charge in [-0.25, -0.2) is 0 Å². The summed E-state index contributed by atoms with van der Waals surface area (Å²) in [5.74, 6) is 0.0351. The highest BCUT2D eigenvalue weighted by Gasteiger charge is 2.06. The van der Waals surface area contributed by atoms with Gasteiger partial charge in [-0.05, 0) is 37.5 Å². The van der Waals surface area contributed by atoms with E-state index < -0.39 is 0 Å². The van der Waals surface area contributed by atoms with Crippen LogP contribution in [0.15, 0.2) is 18.2 Å². The zero-order chi connectivity index (χ0) is 14.1. The van der Waals surface area contributed by atoms with Crippen LogP contribution in [0.2, 0.25) is 0 Å². The summed E-state index contributed by atoms with van der Waals surface area (Å²) in [5.41, 5.74) is 1.54. The predicted molar refractivity (Wildman–Crippen MR) is 79.8 cm³/mol. The van der Waals surface area contributed by atoms with Gasteiger partial charge in [0.15, 0.2) is 5.78 Å². The first-order chi connectivity index (χ1) is 9.15. The third-order valence-electron chi connectivity index (χ3n) is 3.51. The molecule has 0 aromatic heterocycles. The van der Waals surface area contributed by atoms with Crippen LogP contribution in [0.3, 0.4) is 0 Å². The molecule has 19 heavy (non-hydrogen) atoms. The zero-order valence-corrected chi connectivity index (χ0v) is 12.2. The maximum absolute atomic E-state index is 11.2. The van der Waals surface area contributed by atoms with E-state index in [4.69, 9.17) is 0 Å². The van der Waals surface area contributed by atoms with E-state index >= 15 is 0 Å². The van der Waals surface area contributed by atoms with Gasteiger partial charge < -0.3 is 5.11 Å². The van der Waals surface area contributed by atoms with E-state index in [0.29, 0.717) is 5.56 Å². The maximum atomic E-state index is 11.2. The Morgan fingerprint density at radius 1 is 1.05 bits per heavy atom.